The molecule has 2 unspecified atom stereocenters. The molecule has 0 radical (unpaired) electrons. The fourth-order valence-electron chi connectivity index (χ4n) is 3.72. The molecule has 1 heterocycles. The Labute approximate surface area is 123 Å². The Morgan fingerprint density at radius 1 is 1.15 bits per heavy atom. The van der Waals surface area contributed by atoms with Gasteiger partial charge in [0.15, 0.2) is 0 Å². The molecule has 0 bridgehead atoms. The minimum Gasteiger partial charge on any atom is -0.343 e. The summed E-state index contributed by atoms with van der Waals surface area (Å²) < 4.78 is 0. The number of carbonyl (C=O) groups excluding carboxylic acids is 1. The van der Waals surface area contributed by atoms with E-state index in [4.69, 9.17) is 5.73 Å². The first-order chi connectivity index (χ1) is 9.56. The second kappa shape index (κ2) is 7.41. The molecule has 2 aliphatic rings. The molecule has 20 heavy (non-hydrogen) atoms. The summed E-state index contributed by atoms with van der Waals surface area (Å²) in [4.78, 5) is 16.7. The molecule has 0 spiro atoms. The Morgan fingerprint density at radius 3 is 2.40 bits per heavy atom. The molecule has 2 N–H and O–H groups in total. The number of carbonyl (C=O) groups is 1. The van der Waals surface area contributed by atoms with Gasteiger partial charge in [-0.15, -0.1) is 0 Å². The molecule has 1 amide bonds. The lowest BCUT2D eigenvalue weighted by molar-refractivity contribution is -0.134. The van der Waals surface area contributed by atoms with Gasteiger partial charge in [0, 0.05) is 32.1 Å². The van der Waals surface area contributed by atoms with Gasteiger partial charge in [-0.25, -0.2) is 0 Å². The van der Waals surface area contributed by atoms with Gasteiger partial charge in [0.2, 0.25) is 5.91 Å². The summed E-state index contributed by atoms with van der Waals surface area (Å²) in [5.41, 5.74) is 6.16. The molecule has 2 atom stereocenters. The zero-order valence-electron chi connectivity index (χ0n) is 13.2. The van der Waals surface area contributed by atoms with Crippen LogP contribution in [0.2, 0.25) is 0 Å². The summed E-state index contributed by atoms with van der Waals surface area (Å²) in [6.07, 6.45) is 7.71. The van der Waals surface area contributed by atoms with Crippen LogP contribution in [0.15, 0.2) is 0 Å². The summed E-state index contributed by atoms with van der Waals surface area (Å²) in [6.45, 7) is 3.04. The molecule has 1 aliphatic carbocycles. The fourth-order valence-corrected chi connectivity index (χ4v) is 3.72. The van der Waals surface area contributed by atoms with Crippen LogP contribution in [0.4, 0.5) is 0 Å². The van der Waals surface area contributed by atoms with Gasteiger partial charge in [-0.1, -0.05) is 12.8 Å². The average molecular weight is 281 g/mol. The number of likely N-dealkylation sites (tertiary alicyclic amines) is 1. The molecule has 4 nitrogen and oxygen atoms in total. The third-order valence-electron chi connectivity index (χ3n) is 5.00. The lowest BCUT2D eigenvalue weighted by Gasteiger charge is -2.35. The van der Waals surface area contributed by atoms with E-state index in [0.29, 0.717) is 18.2 Å². The highest BCUT2D eigenvalue weighted by Crippen LogP contribution is 2.27. The van der Waals surface area contributed by atoms with Gasteiger partial charge < -0.3 is 15.5 Å². The van der Waals surface area contributed by atoms with E-state index < -0.39 is 0 Å². The minimum atomic E-state index is 0.249. The van der Waals surface area contributed by atoms with Crippen LogP contribution in [-0.2, 0) is 4.79 Å². The zero-order valence-corrected chi connectivity index (χ0v) is 13.2. The number of amides is 1. The third kappa shape index (κ3) is 4.45. The van der Waals surface area contributed by atoms with E-state index in [9.17, 15) is 4.79 Å². The summed E-state index contributed by atoms with van der Waals surface area (Å²) >= 11 is 0. The van der Waals surface area contributed by atoms with Crippen LogP contribution in [0, 0.1) is 11.8 Å². The van der Waals surface area contributed by atoms with Crippen LogP contribution in [0.3, 0.4) is 0 Å². The Balaban J connectivity index is 1.74. The summed E-state index contributed by atoms with van der Waals surface area (Å²) in [5.74, 6) is 1.53. The highest BCUT2D eigenvalue weighted by atomic mass is 16.2. The van der Waals surface area contributed by atoms with Gasteiger partial charge in [-0.3, -0.25) is 4.79 Å². The summed E-state index contributed by atoms with van der Waals surface area (Å²) in [7, 11) is 4.25. The van der Waals surface area contributed by atoms with Gasteiger partial charge in [0.1, 0.15) is 0 Å². The number of nitrogens with zero attached hydrogens (tertiary/aromatic N) is 2. The number of hydrogen-bond donors (Lipinski definition) is 1. The molecule has 2 fully saturated rings. The van der Waals surface area contributed by atoms with E-state index in [1.807, 2.05) is 0 Å². The highest BCUT2D eigenvalue weighted by molar-refractivity contribution is 5.76. The maximum Gasteiger partial charge on any atom is 0.222 e. The summed E-state index contributed by atoms with van der Waals surface area (Å²) in [5, 5.41) is 0. The van der Waals surface area contributed by atoms with Crippen molar-refractivity contribution in [2.75, 3.05) is 33.7 Å². The third-order valence-corrected chi connectivity index (χ3v) is 5.00. The van der Waals surface area contributed by atoms with E-state index in [1.54, 1.807) is 0 Å². The van der Waals surface area contributed by atoms with Gasteiger partial charge in [0.25, 0.3) is 0 Å². The van der Waals surface area contributed by atoms with E-state index in [-0.39, 0.29) is 6.04 Å². The lowest BCUT2D eigenvalue weighted by Crippen LogP contribution is -2.43. The molecule has 1 saturated carbocycles. The molecular formula is C16H31N3O. The van der Waals surface area contributed by atoms with Gasteiger partial charge in [-0.2, -0.15) is 0 Å². The highest BCUT2D eigenvalue weighted by Gasteiger charge is 2.28. The molecule has 4 heteroatoms. The van der Waals surface area contributed by atoms with Crippen molar-refractivity contribution in [2.45, 2.75) is 51.0 Å². The molecule has 2 rings (SSSR count). The van der Waals surface area contributed by atoms with Gasteiger partial charge in [-0.05, 0) is 51.6 Å². The molecule has 0 aromatic rings. The van der Waals surface area contributed by atoms with Crippen LogP contribution in [0.1, 0.15) is 44.9 Å². The first-order valence-electron chi connectivity index (χ1n) is 8.24. The van der Waals surface area contributed by atoms with Gasteiger partial charge >= 0.3 is 0 Å². The van der Waals surface area contributed by atoms with Crippen LogP contribution in [-0.4, -0.2) is 55.5 Å². The van der Waals surface area contributed by atoms with Crippen molar-refractivity contribution < 1.29 is 4.79 Å². The van der Waals surface area contributed by atoms with E-state index in [2.05, 4.69) is 23.9 Å². The van der Waals surface area contributed by atoms with Crippen molar-refractivity contribution in [2.24, 2.45) is 17.6 Å². The Morgan fingerprint density at radius 2 is 1.80 bits per heavy atom. The standard InChI is InChI=1S/C16H31N3O/c1-18(2)12-13-7-9-19(10-8-13)16(20)11-14-5-3-4-6-15(14)17/h13-15H,3-12,17H2,1-2H3. The first-order valence-corrected chi connectivity index (χ1v) is 8.24. The predicted octanol–water partition coefficient (Wildman–Crippen LogP) is 1.69. The van der Waals surface area contributed by atoms with E-state index in [0.717, 1.165) is 51.2 Å². The van der Waals surface area contributed by atoms with Crippen LogP contribution in [0.25, 0.3) is 0 Å². The van der Waals surface area contributed by atoms with Crippen LogP contribution < -0.4 is 5.73 Å². The Hall–Kier alpha value is -0.610. The first kappa shape index (κ1) is 15.8. The quantitative estimate of drug-likeness (QED) is 0.853. The fraction of sp³-hybridized carbons (Fsp3) is 0.938. The van der Waals surface area contributed by atoms with Gasteiger partial charge in [0.05, 0.1) is 0 Å². The Bertz CT molecular complexity index is 311. The smallest absolute Gasteiger partial charge is 0.222 e. The topological polar surface area (TPSA) is 49.6 Å². The maximum absolute atomic E-state index is 12.4. The molecule has 1 saturated heterocycles. The van der Waals surface area contributed by atoms with Crippen molar-refractivity contribution in [1.82, 2.24) is 9.80 Å². The second-order valence-corrected chi connectivity index (χ2v) is 7.00. The normalized spacial score (nSPS) is 28.9. The SMILES string of the molecule is CN(C)CC1CCN(C(=O)CC2CCCCC2N)CC1. The number of piperidine rings is 1. The number of hydrogen-bond acceptors (Lipinski definition) is 3. The predicted molar refractivity (Wildman–Crippen MR) is 82.4 cm³/mol. The lowest BCUT2D eigenvalue weighted by atomic mass is 9.82. The van der Waals surface area contributed by atoms with Crippen molar-refractivity contribution in [1.29, 1.82) is 0 Å². The maximum atomic E-state index is 12.4. The molecule has 116 valence electrons. The molecule has 1 aliphatic heterocycles. The molecular weight excluding hydrogens is 250 g/mol. The summed E-state index contributed by atoms with van der Waals surface area (Å²) in [6, 6.07) is 0.249. The monoisotopic (exact) mass is 281 g/mol. The molecule has 0 aromatic heterocycles. The minimum absolute atomic E-state index is 0.249. The average Bonchev–Trinajstić information content (AvgIpc) is 2.41. The number of nitrogens with two attached hydrogens (primary N) is 1. The number of rotatable bonds is 4. The van der Waals surface area contributed by atoms with Crippen LogP contribution >= 0.6 is 0 Å². The largest absolute Gasteiger partial charge is 0.343 e. The van der Waals surface area contributed by atoms with Crippen molar-refractivity contribution in [3.8, 4) is 0 Å². The Kier molecular flexibility index (Phi) is 5.85. The van der Waals surface area contributed by atoms with Crippen LogP contribution in [0.5, 0.6) is 0 Å². The van der Waals surface area contributed by atoms with Crippen molar-refractivity contribution in [3.63, 3.8) is 0 Å². The van der Waals surface area contributed by atoms with E-state index >= 15 is 0 Å². The van der Waals surface area contributed by atoms with E-state index in [1.165, 1.54) is 12.8 Å². The molecule has 0 aromatic carbocycles. The van der Waals surface area contributed by atoms with Crippen molar-refractivity contribution >= 4 is 5.91 Å². The van der Waals surface area contributed by atoms with Crippen molar-refractivity contribution in [3.05, 3.63) is 0 Å². The second-order valence-electron chi connectivity index (χ2n) is 7.00. The zero-order chi connectivity index (χ0) is 14.5.